The molecule has 7 heteroatoms. The molecule has 0 aliphatic carbocycles. The Kier molecular flexibility index (Phi) is 3.49. The predicted octanol–water partition coefficient (Wildman–Crippen LogP) is -0.365. The van der Waals surface area contributed by atoms with Gasteiger partial charge in [0.2, 0.25) is 0 Å². The van der Waals surface area contributed by atoms with Gasteiger partial charge in [-0.2, -0.15) is 0 Å². The Morgan fingerprint density at radius 1 is 1.38 bits per heavy atom. The van der Waals surface area contributed by atoms with E-state index in [0.717, 1.165) is 0 Å². The Bertz CT molecular complexity index is 371. The van der Waals surface area contributed by atoms with Crippen LogP contribution in [0.2, 0.25) is 0 Å². The van der Waals surface area contributed by atoms with E-state index in [4.69, 9.17) is 10.5 Å². The van der Waals surface area contributed by atoms with Crippen molar-refractivity contribution in [3.63, 3.8) is 0 Å². The highest BCUT2D eigenvalue weighted by molar-refractivity contribution is 7.91. The molecule has 0 spiro atoms. The molecule has 2 atom stereocenters. The molecule has 1 aliphatic heterocycles. The molecular formula is C9H18N2O4S. The van der Waals surface area contributed by atoms with E-state index in [1.54, 1.807) is 20.8 Å². The summed E-state index contributed by atoms with van der Waals surface area (Å²) in [5, 5.41) is 2.48. The number of ether oxygens (including phenoxy) is 1. The first-order valence-electron chi connectivity index (χ1n) is 5.04. The third kappa shape index (κ3) is 3.97. The van der Waals surface area contributed by atoms with Crippen LogP contribution >= 0.6 is 0 Å². The van der Waals surface area contributed by atoms with Crippen molar-refractivity contribution < 1.29 is 17.9 Å². The lowest BCUT2D eigenvalue weighted by Gasteiger charge is -2.22. The van der Waals surface area contributed by atoms with Crippen LogP contribution in [-0.2, 0) is 14.6 Å². The minimum Gasteiger partial charge on any atom is -0.444 e. The Balaban J connectivity index is 2.53. The highest BCUT2D eigenvalue weighted by atomic mass is 32.2. The zero-order valence-corrected chi connectivity index (χ0v) is 10.5. The number of sulfone groups is 1. The standard InChI is InChI=1S/C9H18N2O4S/c1-9(2,3)15-8(12)11-7-5-16(13,14)4-6(7)10/h6-7H,4-5,10H2,1-3H3,(H,11,12)/t6-,7+/m1/s1. The second-order valence-corrected chi connectivity index (χ2v) is 7.15. The largest absolute Gasteiger partial charge is 0.444 e. The average molecular weight is 250 g/mol. The highest BCUT2D eigenvalue weighted by Gasteiger charge is 2.36. The molecule has 1 amide bonds. The molecule has 1 rings (SSSR count). The van der Waals surface area contributed by atoms with Crippen molar-refractivity contribution in [1.82, 2.24) is 5.32 Å². The third-order valence-corrected chi connectivity index (χ3v) is 3.86. The van der Waals surface area contributed by atoms with Gasteiger partial charge in [0.1, 0.15) is 5.60 Å². The average Bonchev–Trinajstić information content (AvgIpc) is 2.19. The fraction of sp³-hybridized carbons (Fsp3) is 0.889. The Morgan fingerprint density at radius 3 is 2.31 bits per heavy atom. The maximum Gasteiger partial charge on any atom is 0.407 e. The molecule has 0 aromatic heterocycles. The van der Waals surface area contributed by atoms with E-state index in [1.807, 2.05) is 0 Å². The minimum absolute atomic E-state index is 0.0898. The number of nitrogens with two attached hydrogens (primary N) is 1. The van der Waals surface area contributed by atoms with Gasteiger partial charge in [-0.3, -0.25) is 0 Å². The molecule has 0 aromatic rings. The molecule has 0 bridgehead atoms. The van der Waals surface area contributed by atoms with E-state index < -0.39 is 33.6 Å². The van der Waals surface area contributed by atoms with E-state index in [0.29, 0.717) is 0 Å². The molecule has 1 fully saturated rings. The summed E-state index contributed by atoms with van der Waals surface area (Å²) in [6.07, 6.45) is -0.634. The molecule has 0 radical (unpaired) electrons. The van der Waals surface area contributed by atoms with Crippen molar-refractivity contribution in [2.24, 2.45) is 5.73 Å². The Hall–Kier alpha value is -0.820. The molecule has 6 nitrogen and oxygen atoms in total. The fourth-order valence-electron chi connectivity index (χ4n) is 1.48. The topological polar surface area (TPSA) is 98.5 Å². The number of carbonyl (C=O) groups is 1. The van der Waals surface area contributed by atoms with Crippen molar-refractivity contribution >= 4 is 15.9 Å². The summed E-state index contributed by atoms with van der Waals surface area (Å²) < 4.78 is 27.5. The SMILES string of the molecule is CC(C)(C)OC(=O)N[C@H]1CS(=O)(=O)C[C@H]1N. The number of nitrogens with one attached hydrogen (secondary N) is 1. The second-order valence-electron chi connectivity index (χ2n) is 4.99. The summed E-state index contributed by atoms with van der Waals surface area (Å²) in [7, 11) is -3.13. The molecule has 1 aliphatic rings. The van der Waals surface area contributed by atoms with Crippen LogP contribution in [0.3, 0.4) is 0 Å². The van der Waals surface area contributed by atoms with Crippen LogP contribution in [0.5, 0.6) is 0 Å². The van der Waals surface area contributed by atoms with Crippen molar-refractivity contribution in [3.8, 4) is 0 Å². The zero-order chi connectivity index (χ0) is 12.6. The fourth-order valence-corrected chi connectivity index (χ4v) is 3.31. The normalized spacial score (nSPS) is 28.8. The molecule has 0 aromatic carbocycles. The van der Waals surface area contributed by atoms with Crippen LogP contribution in [0.4, 0.5) is 4.79 Å². The predicted molar refractivity (Wildman–Crippen MR) is 59.8 cm³/mol. The summed E-state index contributed by atoms with van der Waals surface area (Å²) in [6, 6.07) is -1.11. The van der Waals surface area contributed by atoms with E-state index in [-0.39, 0.29) is 11.5 Å². The number of hydrogen-bond acceptors (Lipinski definition) is 5. The van der Waals surface area contributed by atoms with Crippen molar-refractivity contribution in [1.29, 1.82) is 0 Å². The van der Waals surface area contributed by atoms with E-state index in [2.05, 4.69) is 5.32 Å². The highest BCUT2D eigenvalue weighted by Crippen LogP contribution is 2.12. The van der Waals surface area contributed by atoms with Gasteiger partial charge >= 0.3 is 6.09 Å². The number of amides is 1. The van der Waals surface area contributed by atoms with Crippen LogP contribution < -0.4 is 11.1 Å². The lowest BCUT2D eigenvalue weighted by molar-refractivity contribution is 0.0506. The molecular weight excluding hydrogens is 232 g/mol. The van der Waals surface area contributed by atoms with Gasteiger partial charge in [-0.1, -0.05) is 0 Å². The first kappa shape index (κ1) is 13.2. The van der Waals surface area contributed by atoms with Gasteiger partial charge in [-0.05, 0) is 20.8 Å². The maximum absolute atomic E-state index is 11.4. The molecule has 1 saturated heterocycles. The van der Waals surface area contributed by atoms with Gasteiger partial charge in [0, 0.05) is 6.04 Å². The van der Waals surface area contributed by atoms with Gasteiger partial charge in [0.05, 0.1) is 17.5 Å². The number of rotatable bonds is 1. The van der Waals surface area contributed by atoms with Crippen LogP contribution in [-0.4, -0.2) is 43.7 Å². The van der Waals surface area contributed by atoms with E-state index in [9.17, 15) is 13.2 Å². The first-order chi connectivity index (χ1) is 7.09. The molecule has 1 heterocycles. The van der Waals surface area contributed by atoms with E-state index in [1.165, 1.54) is 0 Å². The van der Waals surface area contributed by atoms with Gasteiger partial charge in [0.15, 0.2) is 9.84 Å². The van der Waals surface area contributed by atoms with Crippen molar-refractivity contribution in [2.75, 3.05) is 11.5 Å². The Morgan fingerprint density at radius 2 is 1.94 bits per heavy atom. The van der Waals surface area contributed by atoms with Crippen LogP contribution in [0.15, 0.2) is 0 Å². The van der Waals surface area contributed by atoms with Gasteiger partial charge in [0.25, 0.3) is 0 Å². The summed E-state index contributed by atoms with van der Waals surface area (Å²) >= 11 is 0. The molecule has 3 N–H and O–H groups in total. The second kappa shape index (κ2) is 4.21. The van der Waals surface area contributed by atoms with Crippen LogP contribution in [0.1, 0.15) is 20.8 Å². The molecule has 94 valence electrons. The number of hydrogen-bond donors (Lipinski definition) is 2. The lowest BCUT2D eigenvalue weighted by atomic mass is 10.2. The number of carbonyl (C=O) groups excluding carboxylic acids is 1. The smallest absolute Gasteiger partial charge is 0.407 e. The maximum atomic E-state index is 11.4. The van der Waals surface area contributed by atoms with Crippen LogP contribution in [0, 0.1) is 0 Å². The molecule has 16 heavy (non-hydrogen) atoms. The van der Waals surface area contributed by atoms with Crippen molar-refractivity contribution in [2.45, 2.75) is 38.5 Å². The monoisotopic (exact) mass is 250 g/mol. The quantitative estimate of drug-likeness (QED) is 0.662. The van der Waals surface area contributed by atoms with Crippen molar-refractivity contribution in [3.05, 3.63) is 0 Å². The summed E-state index contributed by atoms with van der Waals surface area (Å²) in [5.41, 5.74) is 5.01. The molecule has 0 saturated carbocycles. The Labute approximate surface area is 95.4 Å². The third-order valence-electron chi connectivity index (χ3n) is 2.10. The van der Waals surface area contributed by atoms with Gasteiger partial charge in [-0.15, -0.1) is 0 Å². The summed E-state index contributed by atoms with van der Waals surface area (Å²) in [6.45, 7) is 5.20. The lowest BCUT2D eigenvalue weighted by Crippen LogP contribution is -2.48. The first-order valence-corrected chi connectivity index (χ1v) is 6.87. The number of alkyl carbamates (subject to hydrolysis) is 1. The summed E-state index contributed by atoms with van der Waals surface area (Å²) in [4.78, 5) is 11.4. The van der Waals surface area contributed by atoms with Gasteiger partial charge < -0.3 is 15.8 Å². The summed E-state index contributed by atoms with van der Waals surface area (Å²) in [5.74, 6) is -0.207. The van der Waals surface area contributed by atoms with Gasteiger partial charge in [-0.25, -0.2) is 13.2 Å². The molecule has 0 unspecified atom stereocenters. The van der Waals surface area contributed by atoms with Crippen LogP contribution in [0.25, 0.3) is 0 Å². The van der Waals surface area contributed by atoms with E-state index >= 15 is 0 Å². The minimum atomic E-state index is -3.13. The zero-order valence-electron chi connectivity index (χ0n) is 9.69.